The predicted octanol–water partition coefficient (Wildman–Crippen LogP) is 0.0271. The molecule has 0 bridgehead atoms. The molecule has 1 aromatic rings. The van der Waals surface area contributed by atoms with Crippen LogP contribution in [0.5, 0.6) is 0 Å². The molecule has 0 fully saturated rings. The number of hydrogen-bond donors (Lipinski definition) is 2. The molecule has 1 aromatic heterocycles. The fraction of sp³-hybridized carbons (Fsp3) is 0.545. The van der Waals surface area contributed by atoms with E-state index in [1.165, 1.54) is 0 Å². The molecular formula is C11H19N5O. The molecule has 0 atom stereocenters. The lowest BCUT2D eigenvalue weighted by molar-refractivity contribution is -0.116. The maximum absolute atomic E-state index is 11.0. The Morgan fingerprint density at radius 1 is 1.41 bits per heavy atom. The van der Waals surface area contributed by atoms with E-state index in [2.05, 4.69) is 16.9 Å². The molecular weight excluding hydrogens is 218 g/mol. The highest BCUT2D eigenvalue weighted by Crippen LogP contribution is 2.09. The van der Waals surface area contributed by atoms with Crippen LogP contribution in [0, 0.1) is 0 Å². The zero-order valence-electron chi connectivity index (χ0n) is 10.1. The van der Waals surface area contributed by atoms with E-state index in [0.29, 0.717) is 12.4 Å². The topological polar surface area (TPSA) is 98.1 Å². The molecule has 4 N–H and O–H groups in total. The molecule has 17 heavy (non-hydrogen) atoms. The Morgan fingerprint density at radius 2 is 2.18 bits per heavy atom. The lowest BCUT2D eigenvalue weighted by Crippen LogP contribution is -2.35. The van der Waals surface area contributed by atoms with E-state index in [-0.39, 0.29) is 12.5 Å². The first-order valence-corrected chi connectivity index (χ1v) is 5.71. The van der Waals surface area contributed by atoms with Gasteiger partial charge in [-0.25, -0.2) is 4.98 Å². The van der Waals surface area contributed by atoms with Gasteiger partial charge in [-0.2, -0.15) is 0 Å². The fourth-order valence-electron chi connectivity index (χ4n) is 1.43. The number of carbonyl (C=O) groups is 1. The van der Waals surface area contributed by atoms with Gasteiger partial charge in [0.2, 0.25) is 5.91 Å². The lowest BCUT2D eigenvalue weighted by Gasteiger charge is -2.21. The van der Waals surface area contributed by atoms with Crippen LogP contribution in [-0.4, -0.2) is 29.0 Å². The maximum atomic E-state index is 11.0. The minimum atomic E-state index is -0.370. The van der Waals surface area contributed by atoms with Gasteiger partial charge in [0.05, 0.1) is 24.6 Å². The van der Waals surface area contributed by atoms with Gasteiger partial charge in [-0.05, 0) is 6.42 Å². The molecule has 1 heterocycles. The van der Waals surface area contributed by atoms with Gasteiger partial charge in [0, 0.05) is 13.1 Å². The minimum Gasteiger partial charge on any atom is -0.368 e. The van der Waals surface area contributed by atoms with E-state index >= 15 is 0 Å². The van der Waals surface area contributed by atoms with Crippen molar-refractivity contribution in [2.75, 3.05) is 18.0 Å². The second-order valence-electron chi connectivity index (χ2n) is 3.81. The molecule has 0 aliphatic carbocycles. The summed E-state index contributed by atoms with van der Waals surface area (Å²) in [5, 5.41) is 0. The molecule has 0 spiro atoms. The van der Waals surface area contributed by atoms with Crippen molar-refractivity contribution in [3.63, 3.8) is 0 Å². The average Bonchev–Trinajstić information content (AvgIpc) is 2.34. The maximum Gasteiger partial charge on any atom is 0.236 e. The number of nitrogens with two attached hydrogens (primary N) is 2. The van der Waals surface area contributed by atoms with E-state index in [1.54, 1.807) is 12.4 Å². The van der Waals surface area contributed by atoms with E-state index in [4.69, 9.17) is 11.5 Å². The van der Waals surface area contributed by atoms with E-state index in [1.807, 2.05) is 4.90 Å². The number of hydrogen-bond acceptors (Lipinski definition) is 5. The van der Waals surface area contributed by atoms with E-state index in [0.717, 1.165) is 25.1 Å². The van der Waals surface area contributed by atoms with E-state index in [9.17, 15) is 4.79 Å². The zero-order valence-corrected chi connectivity index (χ0v) is 10.1. The normalized spacial score (nSPS) is 10.2. The molecule has 6 nitrogen and oxygen atoms in total. The second-order valence-corrected chi connectivity index (χ2v) is 3.81. The highest BCUT2D eigenvalue weighted by molar-refractivity contribution is 5.79. The van der Waals surface area contributed by atoms with Crippen LogP contribution in [0.25, 0.3) is 0 Å². The molecule has 94 valence electrons. The minimum absolute atomic E-state index is 0.163. The van der Waals surface area contributed by atoms with Crippen LogP contribution in [0.15, 0.2) is 12.4 Å². The van der Waals surface area contributed by atoms with Crippen LogP contribution in [0.3, 0.4) is 0 Å². The first kappa shape index (κ1) is 13.4. The van der Waals surface area contributed by atoms with Crippen molar-refractivity contribution in [1.82, 2.24) is 9.97 Å². The zero-order chi connectivity index (χ0) is 12.7. The smallest absolute Gasteiger partial charge is 0.236 e. The third-order valence-electron chi connectivity index (χ3n) is 2.35. The van der Waals surface area contributed by atoms with Gasteiger partial charge >= 0.3 is 0 Å². The molecule has 1 amide bonds. The summed E-state index contributed by atoms with van der Waals surface area (Å²) >= 11 is 0. The Morgan fingerprint density at radius 3 is 2.65 bits per heavy atom. The number of nitrogens with zero attached hydrogens (tertiary/aromatic N) is 3. The number of unbranched alkanes of at least 4 members (excludes halogenated alkanes) is 1. The highest BCUT2D eigenvalue weighted by atomic mass is 16.1. The van der Waals surface area contributed by atoms with Gasteiger partial charge in [-0.15, -0.1) is 0 Å². The Labute approximate surface area is 101 Å². The molecule has 6 heteroatoms. The van der Waals surface area contributed by atoms with Crippen LogP contribution in [-0.2, 0) is 11.3 Å². The molecule has 0 aromatic carbocycles. The number of primary amides is 1. The van der Waals surface area contributed by atoms with E-state index < -0.39 is 0 Å². The van der Waals surface area contributed by atoms with Crippen LogP contribution in [0.2, 0.25) is 0 Å². The quantitative estimate of drug-likeness (QED) is 0.697. The molecule has 0 aliphatic heterocycles. The number of aromatic nitrogens is 2. The fourth-order valence-corrected chi connectivity index (χ4v) is 1.43. The summed E-state index contributed by atoms with van der Waals surface area (Å²) in [7, 11) is 0. The summed E-state index contributed by atoms with van der Waals surface area (Å²) in [6.45, 7) is 3.36. The van der Waals surface area contributed by atoms with Crippen molar-refractivity contribution in [2.45, 2.75) is 26.3 Å². The van der Waals surface area contributed by atoms with Gasteiger partial charge in [-0.3, -0.25) is 9.78 Å². The van der Waals surface area contributed by atoms with Gasteiger partial charge < -0.3 is 16.4 Å². The Balaban J connectivity index is 2.75. The molecule has 0 radical (unpaired) electrons. The Hall–Kier alpha value is -1.69. The number of amides is 1. The van der Waals surface area contributed by atoms with Crippen molar-refractivity contribution in [3.05, 3.63) is 18.1 Å². The van der Waals surface area contributed by atoms with Crippen molar-refractivity contribution < 1.29 is 4.79 Å². The first-order valence-electron chi connectivity index (χ1n) is 5.71. The summed E-state index contributed by atoms with van der Waals surface area (Å²) in [6.07, 6.45) is 5.27. The number of anilines is 1. The predicted molar refractivity (Wildman–Crippen MR) is 66.2 cm³/mol. The van der Waals surface area contributed by atoms with Crippen LogP contribution < -0.4 is 16.4 Å². The molecule has 0 saturated carbocycles. The van der Waals surface area contributed by atoms with Crippen molar-refractivity contribution in [1.29, 1.82) is 0 Å². The van der Waals surface area contributed by atoms with Gasteiger partial charge in [-0.1, -0.05) is 13.3 Å². The second kappa shape index (κ2) is 6.80. The molecule has 0 saturated heterocycles. The Bertz CT molecular complexity index is 351. The summed E-state index contributed by atoms with van der Waals surface area (Å²) in [5.74, 6) is 0.292. The van der Waals surface area contributed by atoms with Crippen LogP contribution in [0.1, 0.15) is 25.5 Å². The van der Waals surface area contributed by atoms with Gasteiger partial charge in [0.1, 0.15) is 5.82 Å². The monoisotopic (exact) mass is 237 g/mol. The number of carbonyl (C=O) groups excluding carboxylic acids is 1. The van der Waals surface area contributed by atoms with Crippen molar-refractivity contribution in [3.8, 4) is 0 Å². The summed E-state index contributed by atoms with van der Waals surface area (Å²) < 4.78 is 0. The SMILES string of the molecule is CCCCN(CC(N)=O)c1cnc(CN)cn1. The lowest BCUT2D eigenvalue weighted by atomic mass is 10.3. The third kappa shape index (κ3) is 4.36. The third-order valence-corrected chi connectivity index (χ3v) is 2.35. The van der Waals surface area contributed by atoms with Crippen LogP contribution >= 0.6 is 0 Å². The summed E-state index contributed by atoms with van der Waals surface area (Å²) in [4.78, 5) is 21.2. The number of rotatable bonds is 7. The molecule has 0 unspecified atom stereocenters. The van der Waals surface area contributed by atoms with Crippen LogP contribution in [0.4, 0.5) is 5.82 Å². The van der Waals surface area contributed by atoms with Crippen molar-refractivity contribution >= 4 is 11.7 Å². The summed E-state index contributed by atoms with van der Waals surface area (Å²) in [6, 6.07) is 0. The van der Waals surface area contributed by atoms with Gasteiger partial charge in [0.15, 0.2) is 0 Å². The molecule has 1 rings (SSSR count). The molecule has 0 aliphatic rings. The highest BCUT2D eigenvalue weighted by Gasteiger charge is 2.10. The largest absolute Gasteiger partial charge is 0.368 e. The first-order chi connectivity index (χ1) is 8.17. The summed E-state index contributed by atoms with van der Waals surface area (Å²) in [5.41, 5.74) is 11.4. The Kier molecular flexibility index (Phi) is 5.35. The van der Waals surface area contributed by atoms with Crippen molar-refractivity contribution in [2.24, 2.45) is 11.5 Å². The standard InChI is InChI=1S/C11H19N5O/c1-2-3-4-16(8-10(13)17)11-7-14-9(5-12)6-15-11/h6-7H,2-5,8,12H2,1H3,(H2,13,17). The average molecular weight is 237 g/mol. The van der Waals surface area contributed by atoms with Gasteiger partial charge in [0.25, 0.3) is 0 Å².